The fraction of sp³-hybridized carbons (Fsp3) is 0.417. The summed E-state index contributed by atoms with van der Waals surface area (Å²) < 4.78 is 0.980. The Morgan fingerprint density at radius 3 is 2.40 bits per heavy atom. The molecule has 15 heavy (non-hydrogen) atoms. The molecule has 0 N–H and O–H groups in total. The highest BCUT2D eigenvalue weighted by molar-refractivity contribution is 9.10. The van der Waals surface area contributed by atoms with Crippen molar-refractivity contribution in [1.29, 1.82) is 0 Å². The fourth-order valence-corrected chi connectivity index (χ4v) is 1.69. The van der Waals surface area contributed by atoms with Gasteiger partial charge in [0.25, 0.3) is 0 Å². The first kappa shape index (κ1) is 12.2. The van der Waals surface area contributed by atoms with E-state index in [2.05, 4.69) is 15.9 Å². The molecular formula is C12H16BrNO. The molecule has 0 spiro atoms. The van der Waals surface area contributed by atoms with Crippen LogP contribution in [0.1, 0.15) is 20.8 Å². The average Bonchev–Trinajstić information content (AvgIpc) is 2.14. The summed E-state index contributed by atoms with van der Waals surface area (Å²) in [7, 11) is 1.80. The Hall–Kier alpha value is -0.830. The van der Waals surface area contributed by atoms with Crippen molar-refractivity contribution >= 4 is 27.5 Å². The number of benzene rings is 1. The topological polar surface area (TPSA) is 20.3 Å². The molecule has 0 saturated carbocycles. The van der Waals surface area contributed by atoms with E-state index in [1.54, 1.807) is 11.9 Å². The fourth-order valence-electron chi connectivity index (χ4n) is 1.31. The molecule has 3 heteroatoms. The monoisotopic (exact) mass is 269 g/mol. The second-order valence-corrected chi connectivity index (χ2v) is 5.51. The summed E-state index contributed by atoms with van der Waals surface area (Å²) in [6.07, 6.45) is 0. The summed E-state index contributed by atoms with van der Waals surface area (Å²) in [5.74, 6) is 0.112. The lowest BCUT2D eigenvalue weighted by Crippen LogP contribution is -2.36. The largest absolute Gasteiger partial charge is 0.315 e. The number of carbonyl (C=O) groups is 1. The molecule has 0 aliphatic rings. The number of hydrogen-bond donors (Lipinski definition) is 0. The molecule has 1 aromatic carbocycles. The van der Waals surface area contributed by atoms with Gasteiger partial charge in [0.2, 0.25) is 5.91 Å². The van der Waals surface area contributed by atoms with E-state index < -0.39 is 0 Å². The predicted octanol–water partition coefficient (Wildman–Crippen LogP) is 3.46. The molecule has 0 saturated heterocycles. The number of nitrogens with zero attached hydrogens (tertiary/aromatic N) is 1. The highest BCUT2D eigenvalue weighted by Crippen LogP contribution is 2.24. The summed E-state index contributed by atoms with van der Waals surface area (Å²) >= 11 is 3.39. The van der Waals surface area contributed by atoms with E-state index in [4.69, 9.17) is 0 Å². The van der Waals surface area contributed by atoms with Gasteiger partial charge >= 0.3 is 0 Å². The number of carbonyl (C=O) groups excluding carboxylic acids is 1. The third kappa shape index (κ3) is 3.06. The lowest BCUT2D eigenvalue weighted by atomic mass is 9.95. The van der Waals surface area contributed by atoms with Crippen LogP contribution in [0.15, 0.2) is 28.7 Å². The van der Waals surface area contributed by atoms with Crippen LogP contribution in [0.2, 0.25) is 0 Å². The maximum absolute atomic E-state index is 12.0. The zero-order valence-electron chi connectivity index (χ0n) is 9.54. The van der Waals surface area contributed by atoms with Gasteiger partial charge in [-0.2, -0.15) is 0 Å². The normalized spacial score (nSPS) is 11.3. The van der Waals surface area contributed by atoms with Gasteiger partial charge in [0.05, 0.1) is 0 Å². The van der Waals surface area contributed by atoms with Crippen LogP contribution in [0.25, 0.3) is 0 Å². The molecule has 0 bridgehead atoms. The highest BCUT2D eigenvalue weighted by Gasteiger charge is 2.25. The molecule has 0 aromatic heterocycles. The quantitative estimate of drug-likeness (QED) is 0.765. The summed E-state index contributed by atoms with van der Waals surface area (Å²) in [4.78, 5) is 13.7. The first-order valence-electron chi connectivity index (χ1n) is 4.86. The van der Waals surface area contributed by atoms with Gasteiger partial charge in [-0.3, -0.25) is 4.79 Å². The first-order chi connectivity index (χ1) is 6.82. The Kier molecular flexibility index (Phi) is 3.55. The molecule has 0 aliphatic heterocycles. The third-order valence-corrected chi connectivity index (χ3v) is 2.63. The maximum Gasteiger partial charge on any atom is 0.232 e. The van der Waals surface area contributed by atoms with Crippen LogP contribution in [0, 0.1) is 5.41 Å². The van der Waals surface area contributed by atoms with E-state index in [0.29, 0.717) is 0 Å². The van der Waals surface area contributed by atoms with E-state index in [1.807, 2.05) is 45.0 Å². The van der Waals surface area contributed by atoms with E-state index in [9.17, 15) is 4.79 Å². The van der Waals surface area contributed by atoms with Gasteiger partial charge in [-0.05, 0) is 18.2 Å². The van der Waals surface area contributed by atoms with Crippen molar-refractivity contribution in [1.82, 2.24) is 0 Å². The van der Waals surface area contributed by atoms with Crippen LogP contribution in [0.4, 0.5) is 5.69 Å². The van der Waals surface area contributed by atoms with Crippen LogP contribution in [0.5, 0.6) is 0 Å². The summed E-state index contributed by atoms with van der Waals surface area (Å²) in [6, 6.07) is 7.73. The molecule has 0 heterocycles. The third-order valence-electron chi connectivity index (χ3n) is 2.14. The molecule has 1 amide bonds. The molecule has 0 radical (unpaired) electrons. The number of amides is 1. The van der Waals surface area contributed by atoms with Crippen molar-refractivity contribution in [2.75, 3.05) is 11.9 Å². The minimum Gasteiger partial charge on any atom is -0.315 e. The van der Waals surface area contributed by atoms with Gasteiger partial charge in [-0.25, -0.2) is 0 Å². The lowest BCUT2D eigenvalue weighted by molar-refractivity contribution is -0.125. The molecule has 0 atom stereocenters. The molecular weight excluding hydrogens is 254 g/mol. The second-order valence-electron chi connectivity index (χ2n) is 4.59. The second kappa shape index (κ2) is 4.35. The van der Waals surface area contributed by atoms with Gasteiger partial charge in [0, 0.05) is 22.6 Å². The van der Waals surface area contributed by atoms with Crippen LogP contribution >= 0.6 is 15.9 Å². The molecule has 82 valence electrons. The summed E-state index contributed by atoms with van der Waals surface area (Å²) in [6.45, 7) is 5.76. The Morgan fingerprint density at radius 2 is 1.93 bits per heavy atom. The summed E-state index contributed by atoms with van der Waals surface area (Å²) in [5, 5.41) is 0. The molecule has 0 aliphatic carbocycles. The highest BCUT2D eigenvalue weighted by atomic mass is 79.9. The van der Waals surface area contributed by atoms with Crippen LogP contribution in [0.3, 0.4) is 0 Å². The van der Waals surface area contributed by atoms with Crippen LogP contribution in [-0.4, -0.2) is 13.0 Å². The molecule has 1 rings (SSSR count). The van der Waals surface area contributed by atoms with Crippen LogP contribution in [-0.2, 0) is 4.79 Å². The number of halogens is 1. The van der Waals surface area contributed by atoms with Gasteiger partial charge in [-0.15, -0.1) is 0 Å². The Balaban J connectivity index is 2.95. The van der Waals surface area contributed by atoms with Crippen molar-refractivity contribution in [3.8, 4) is 0 Å². The van der Waals surface area contributed by atoms with E-state index >= 15 is 0 Å². The Bertz CT molecular complexity index is 368. The zero-order chi connectivity index (χ0) is 11.6. The van der Waals surface area contributed by atoms with E-state index in [-0.39, 0.29) is 11.3 Å². The molecule has 1 aromatic rings. The first-order valence-corrected chi connectivity index (χ1v) is 5.65. The predicted molar refractivity (Wildman–Crippen MR) is 67.0 cm³/mol. The molecule has 2 nitrogen and oxygen atoms in total. The standard InChI is InChI=1S/C12H16BrNO/c1-12(2,3)11(15)14(4)10-7-5-6-9(13)8-10/h5-8H,1-4H3. The van der Waals surface area contributed by atoms with E-state index in [0.717, 1.165) is 10.2 Å². The van der Waals surface area contributed by atoms with Crippen molar-refractivity contribution in [2.24, 2.45) is 5.41 Å². The number of anilines is 1. The van der Waals surface area contributed by atoms with Gasteiger partial charge in [0.1, 0.15) is 0 Å². The number of rotatable bonds is 1. The van der Waals surface area contributed by atoms with E-state index in [1.165, 1.54) is 0 Å². The minimum absolute atomic E-state index is 0.112. The molecule has 0 fully saturated rings. The molecule has 0 unspecified atom stereocenters. The van der Waals surface area contributed by atoms with Gasteiger partial charge in [-0.1, -0.05) is 42.8 Å². The number of hydrogen-bond acceptors (Lipinski definition) is 1. The Labute approximate surface area is 99.4 Å². The minimum atomic E-state index is -0.350. The zero-order valence-corrected chi connectivity index (χ0v) is 11.1. The summed E-state index contributed by atoms with van der Waals surface area (Å²) in [5.41, 5.74) is 0.557. The SMILES string of the molecule is CN(C(=O)C(C)(C)C)c1cccc(Br)c1. The van der Waals surface area contributed by atoms with Crippen LogP contribution < -0.4 is 4.90 Å². The van der Waals surface area contributed by atoms with Crippen molar-refractivity contribution in [3.63, 3.8) is 0 Å². The smallest absolute Gasteiger partial charge is 0.232 e. The van der Waals surface area contributed by atoms with Crippen molar-refractivity contribution in [3.05, 3.63) is 28.7 Å². The van der Waals surface area contributed by atoms with Crippen molar-refractivity contribution < 1.29 is 4.79 Å². The Morgan fingerprint density at radius 1 is 1.33 bits per heavy atom. The maximum atomic E-state index is 12.0. The average molecular weight is 270 g/mol. The lowest BCUT2D eigenvalue weighted by Gasteiger charge is -2.26. The van der Waals surface area contributed by atoms with Gasteiger partial charge < -0.3 is 4.90 Å². The van der Waals surface area contributed by atoms with Gasteiger partial charge in [0.15, 0.2) is 0 Å². The van der Waals surface area contributed by atoms with Crippen molar-refractivity contribution in [2.45, 2.75) is 20.8 Å².